The summed E-state index contributed by atoms with van der Waals surface area (Å²) >= 11 is 0. The van der Waals surface area contributed by atoms with Crippen LogP contribution in [0.25, 0.3) is 0 Å². The monoisotopic (exact) mass is 261 g/mol. The third-order valence-corrected chi connectivity index (χ3v) is 2.99. The molecular weight excluding hydrogens is 230 g/mol. The lowest BCUT2D eigenvalue weighted by molar-refractivity contribution is 0.0788. The van der Waals surface area contributed by atoms with E-state index in [0.717, 1.165) is 65.3 Å². The van der Waals surface area contributed by atoms with Gasteiger partial charge in [-0.15, -0.1) is 0 Å². The van der Waals surface area contributed by atoms with E-state index in [1.54, 1.807) is 0 Å². The molecule has 0 saturated carbocycles. The van der Waals surface area contributed by atoms with Gasteiger partial charge in [0.05, 0.1) is 19.3 Å². The summed E-state index contributed by atoms with van der Waals surface area (Å²) in [5, 5.41) is 9.53. The van der Waals surface area contributed by atoms with E-state index < -0.39 is 0 Å². The first-order chi connectivity index (χ1) is 8.74. The highest BCUT2D eigenvalue weighted by Crippen LogP contribution is 2.03. The SMILES string of the molecule is CCOCCN(CCCC(O)CC)CCOCC. The summed E-state index contributed by atoms with van der Waals surface area (Å²) in [6, 6.07) is 0. The molecule has 0 aromatic heterocycles. The third-order valence-electron chi connectivity index (χ3n) is 2.99. The summed E-state index contributed by atoms with van der Waals surface area (Å²) in [5.74, 6) is 0. The van der Waals surface area contributed by atoms with Gasteiger partial charge in [0.2, 0.25) is 0 Å². The van der Waals surface area contributed by atoms with Gasteiger partial charge in [0.1, 0.15) is 0 Å². The molecule has 0 heterocycles. The Hall–Kier alpha value is -0.160. The van der Waals surface area contributed by atoms with Crippen LogP contribution in [0.1, 0.15) is 40.0 Å². The van der Waals surface area contributed by atoms with E-state index in [1.165, 1.54) is 0 Å². The normalized spacial score (nSPS) is 13.2. The maximum Gasteiger partial charge on any atom is 0.0593 e. The summed E-state index contributed by atoms with van der Waals surface area (Å²) in [7, 11) is 0. The minimum atomic E-state index is -0.148. The predicted molar refractivity (Wildman–Crippen MR) is 75.0 cm³/mol. The number of aliphatic hydroxyl groups is 1. The molecule has 0 fully saturated rings. The van der Waals surface area contributed by atoms with Gasteiger partial charge in [-0.05, 0) is 39.7 Å². The molecule has 1 atom stereocenters. The van der Waals surface area contributed by atoms with Crippen LogP contribution in [-0.4, -0.2) is 62.2 Å². The molecule has 0 saturated heterocycles. The fourth-order valence-electron chi connectivity index (χ4n) is 1.77. The number of rotatable bonds is 13. The zero-order valence-electron chi connectivity index (χ0n) is 12.4. The summed E-state index contributed by atoms with van der Waals surface area (Å²) < 4.78 is 10.8. The minimum absolute atomic E-state index is 0.148. The van der Waals surface area contributed by atoms with Gasteiger partial charge in [0.25, 0.3) is 0 Å². The molecule has 0 rings (SSSR count). The van der Waals surface area contributed by atoms with Gasteiger partial charge in [-0.2, -0.15) is 0 Å². The third kappa shape index (κ3) is 11.0. The zero-order chi connectivity index (χ0) is 13.6. The molecule has 0 aliphatic carbocycles. The van der Waals surface area contributed by atoms with Crippen molar-refractivity contribution in [2.45, 2.75) is 46.1 Å². The Morgan fingerprint density at radius 2 is 1.50 bits per heavy atom. The van der Waals surface area contributed by atoms with Crippen LogP contribution < -0.4 is 0 Å². The predicted octanol–water partition coefficient (Wildman–Crippen LogP) is 1.91. The Bertz CT molecular complexity index is 157. The molecule has 18 heavy (non-hydrogen) atoms. The molecule has 110 valence electrons. The molecule has 0 aliphatic rings. The van der Waals surface area contributed by atoms with Crippen molar-refractivity contribution in [1.82, 2.24) is 4.90 Å². The summed E-state index contributed by atoms with van der Waals surface area (Å²) in [6.07, 6.45) is 2.62. The van der Waals surface area contributed by atoms with Gasteiger partial charge < -0.3 is 14.6 Å². The van der Waals surface area contributed by atoms with Crippen molar-refractivity contribution in [3.8, 4) is 0 Å². The van der Waals surface area contributed by atoms with Gasteiger partial charge in [-0.3, -0.25) is 4.90 Å². The largest absolute Gasteiger partial charge is 0.393 e. The summed E-state index contributed by atoms with van der Waals surface area (Å²) in [6.45, 7) is 12.1. The second-order valence-electron chi connectivity index (χ2n) is 4.44. The number of ether oxygens (including phenoxy) is 2. The van der Waals surface area contributed by atoms with E-state index >= 15 is 0 Å². The maximum absolute atomic E-state index is 9.53. The Morgan fingerprint density at radius 3 is 1.94 bits per heavy atom. The van der Waals surface area contributed by atoms with Crippen molar-refractivity contribution in [3.63, 3.8) is 0 Å². The summed E-state index contributed by atoms with van der Waals surface area (Å²) in [4.78, 5) is 2.35. The lowest BCUT2D eigenvalue weighted by Crippen LogP contribution is -2.32. The van der Waals surface area contributed by atoms with Gasteiger partial charge >= 0.3 is 0 Å². The quantitative estimate of drug-likeness (QED) is 0.514. The topological polar surface area (TPSA) is 41.9 Å². The van der Waals surface area contributed by atoms with Crippen molar-refractivity contribution in [1.29, 1.82) is 0 Å². The Morgan fingerprint density at radius 1 is 0.944 bits per heavy atom. The van der Waals surface area contributed by atoms with E-state index in [2.05, 4.69) is 4.90 Å². The first-order valence-corrected chi connectivity index (χ1v) is 7.30. The Balaban J connectivity index is 3.73. The van der Waals surface area contributed by atoms with Crippen LogP contribution in [0.5, 0.6) is 0 Å². The van der Waals surface area contributed by atoms with Gasteiger partial charge in [0.15, 0.2) is 0 Å². The lowest BCUT2D eigenvalue weighted by atomic mass is 10.1. The van der Waals surface area contributed by atoms with Crippen LogP contribution in [-0.2, 0) is 9.47 Å². The number of hydrogen-bond donors (Lipinski definition) is 1. The highest BCUT2D eigenvalue weighted by atomic mass is 16.5. The number of nitrogens with zero attached hydrogens (tertiary/aromatic N) is 1. The molecule has 4 nitrogen and oxygen atoms in total. The maximum atomic E-state index is 9.53. The molecule has 1 unspecified atom stereocenters. The molecule has 1 N–H and O–H groups in total. The van der Waals surface area contributed by atoms with Crippen LogP contribution >= 0.6 is 0 Å². The smallest absolute Gasteiger partial charge is 0.0593 e. The van der Waals surface area contributed by atoms with Crippen molar-refractivity contribution >= 4 is 0 Å². The highest BCUT2D eigenvalue weighted by Gasteiger charge is 2.06. The number of aliphatic hydroxyl groups excluding tert-OH is 1. The van der Waals surface area contributed by atoms with Crippen LogP contribution in [0.4, 0.5) is 0 Å². The standard InChI is InChI=1S/C14H31NO3/c1-4-14(16)8-7-9-15(10-12-17-5-2)11-13-18-6-3/h14,16H,4-13H2,1-3H3. The lowest BCUT2D eigenvalue weighted by Gasteiger charge is -2.22. The molecule has 4 heteroatoms. The van der Waals surface area contributed by atoms with Gasteiger partial charge in [-0.1, -0.05) is 6.92 Å². The van der Waals surface area contributed by atoms with Gasteiger partial charge in [-0.25, -0.2) is 0 Å². The second kappa shape index (κ2) is 13.3. The number of hydrogen-bond acceptors (Lipinski definition) is 4. The first-order valence-electron chi connectivity index (χ1n) is 7.30. The fraction of sp³-hybridized carbons (Fsp3) is 1.00. The van der Waals surface area contributed by atoms with Crippen molar-refractivity contribution in [2.24, 2.45) is 0 Å². The molecule has 0 spiro atoms. The Labute approximate surface area is 112 Å². The molecule has 0 bridgehead atoms. The molecule has 0 aliphatic heterocycles. The van der Waals surface area contributed by atoms with E-state index in [4.69, 9.17) is 9.47 Å². The second-order valence-corrected chi connectivity index (χ2v) is 4.44. The summed E-state index contributed by atoms with van der Waals surface area (Å²) in [5.41, 5.74) is 0. The van der Waals surface area contributed by atoms with Crippen LogP contribution in [0.2, 0.25) is 0 Å². The van der Waals surface area contributed by atoms with E-state index in [0.29, 0.717) is 0 Å². The molecule has 0 aromatic rings. The molecule has 0 aromatic carbocycles. The molecule has 0 amide bonds. The van der Waals surface area contributed by atoms with Gasteiger partial charge in [0, 0.05) is 26.3 Å². The van der Waals surface area contributed by atoms with Crippen molar-refractivity contribution < 1.29 is 14.6 Å². The first kappa shape index (κ1) is 17.8. The van der Waals surface area contributed by atoms with E-state index in [9.17, 15) is 5.11 Å². The zero-order valence-corrected chi connectivity index (χ0v) is 12.4. The average molecular weight is 261 g/mol. The van der Waals surface area contributed by atoms with E-state index in [-0.39, 0.29) is 6.10 Å². The molecule has 0 radical (unpaired) electrons. The van der Waals surface area contributed by atoms with Crippen molar-refractivity contribution in [3.05, 3.63) is 0 Å². The van der Waals surface area contributed by atoms with Crippen LogP contribution in [0, 0.1) is 0 Å². The average Bonchev–Trinajstić information content (AvgIpc) is 2.38. The van der Waals surface area contributed by atoms with E-state index in [1.807, 2.05) is 20.8 Å². The molecular formula is C14H31NO3. The highest BCUT2D eigenvalue weighted by molar-refractivity contribution is 4.60. The van der Waals surface area contributed by atoms with Crippen LogP contribution in [0.15, 0.2) is 0 Å². The van der Waals surface area contributed by atoms with Crippen molar-refractivity contribution in [2.75, 3.05) is 46.1 Å². The Kier molecular flexibility index (Phi) is 13.2. The minimum Gasteiger partial charge on any atom is -0.393 e. The fourth-order valence-corrected chi connectivity index (χ4v) is 1.77. The van der Waals surface area contributed by atoms with Crippen LogP contribution in [0.3, 0.4) is 0 Å².